The van der Waals surface area contributed by atoms with Crippen molar-refractivity contribution in [2.24, 2.45) is 11.8 Å². The standard InChI is InChI=1S/C14H19NO2/c16-7-6-15(8-11-4-2-1-3-5-11)14-12-9-17-10-13(12)14/h1-5,12-14,16H,6-10H2. The molecule has 1 aromatic carbocycles. The van der Waals surface area contributed by atoms with E-state index in [-0.39, 0.29) is 6.61 Å². The minimum absolute atomic E-state index is 0.240. The van der Waals surface area contributed by atoms with E-state index in [1.807, 2.05) is 6.07 Å². The molecular weight excluding hydrogens is 214 g/mol. The van der Waals surface area contributed by atoms with E-state index < -0.39 is 0 Å². The van der Waals surface area contributed by atoms with Crippen LogP contribution >= 0.6 is 0 Å². The smallest absolute Gasteiger partial charge is 0.0558 e. The van der Waals surface area contributed by atoms with Crippen LogP contribution in [0, 0.1) is 11.8 Å². The zero-order valence-electron chi connectivity index (χ0n) is 9.96. The molecule has 1 saturated heterocycles. The monoisotopic (exact) mass is 233 g/mol. The topological polar surface area (TPSA) is 32.7 Å². The first-order valence-electron chi connectivity index (χ1n) is 6.36. The zero-order chi connectivity index (χ0) is 11.7. The summed E-state index contributed by atoms with van der Waals surface area (Å²) in [7, 11) is 0. The Balaban J connectivity index is 1.65. The maximum absolute atomic E-state index is 9.18. The van der Waals surface area contributed by atoms with Crippen molar-refractivity contribution in [2.75, 3.05) is 26.4 Å². The molecule has 1 saturated carbocycles. The van der Waals surface area contributed by atoms with Gasteiger partial charge in [0.15, 0.2) is 0 Å². The van der Waals surface area contributed by atoms with Crippen molar-refractivity contribution in [3.05, 3.63) is 35.9 Å². The average molecular weight is 233 g/mol. The Morgan fingerprint density at radius 2 is 1.88 bits per heavy atom. The van der Waals surface area contributed by atoms with Crippen LogP contribution in [0.25, 0.3) is 0 Å². The number of ether oxygens (including phenoxy) is 1. The van der Waals surface area contributed by atoms with E-state index >= 15 is 0 Å². The average Bonchev–Trinajstić information content (AvgIpc) is 2.83. The molecule has 1 N–H and O–H groups in total. The van der Waals surface area contributed by atoms with E-state index in [1.165, 1.54) is 5.56 Å². The molecule has 2 aliphatic rings. The summed E-state index contributed by atoms with van der Waals surface area (Å²) >= 11 is 0. The molecule has 1 aliphatic carbocycles. The van der Waals surface area contributed by atoms with E-state index in [0.29, 0.717) is 17.9 Å². The first-order chi connectivity index (χ1) is 8.40. The van der Waals surface area contributed by atoms with Gasteiger partial charge >= 0.3 is 0 Å². The summed E-state index contributed by atoms with van der Waals surface area (Å²) < 4.78 is 5.43. The third kappa shape index (κ3) is 2.23. The summed E-state index contributed by atoms with van der Waals surface area (Å²) in [5.41, 5.74) is 1.33. The van der Waals surface area contributed by atoms with Crippen LogP contribution in [-0.4, -0.2) is 42.4 Å². The van der Waals surface area contributed by atoms with E-state index in [1.54, 1.807) is 0 Å². The second kappa shape index (κ2) is 4.77. The van der Waals surface area contributed by atoms with E-state index in [0.717, 1.165) is 26.3 Å². The molecule has 3 rings (SSSR count). The Morgan fingerprint density at radius 1 is 1.18 bits per heavy atom. The van der Waals surface area contributed by atoms with Gasteiger partial charge in [0.05, 0.1) is 19.8 Å². The van der Waals surface area contributed by atoms with Crippen LogP contribution in [0.15, 0.2) is 30.3 Å². The second-order valence-electron chi connectivity index (χ2n) is 5.04. The van der Waals surface area contributed by atoms with Crippen LogP contribution in [0.4, 0.5) is 0 Å². The Hall–Kier alpha value is -0.900. The summed E-state index contributed by atoms with van der Waals surface area (Å²) in [5.74, 6) is 1.43. The molecule has 0 bridgehead atoms. The highest BCUT2D eigenvalue weighted by atomic mass is 16.5. The molecule has 2 atom stereocenters. The molecule has 2 fully saturated rings. The van der Waals surface area contributed by atoms with Gasteiger partial charge in [-0.15, -0.1) is 0 Å². The Morgan fingerprint density at radius 3 is 2.53 bits per heavy atom. The van der Waals surface area contributed by atoms with Crippen molar-refractivity contribution in [1.29, 1.82) is 0 Å². The molecule has 1 heterocycles. The Bertz CT molecular complexity index is 358. The SMILES string of the molecule is OCCN(Cc1ccccc1)C1C2COCC21. The highest BCUT2D eigenvalue weighted by Gasteiger charge is 2.56. The number of benzene rings is 1. The van der Waals surface area contributed by atoms with Gasteiger partial charge in [0, 0.05) is 31.0 Å². The van der Waals surface area contributed by atoms with Crippen LogP contribution in [0.1, 0.15) is 5.56 Å². The largest absolute Gasteiger partial charge is 0.395 e. The summed E-state index contributed by atoms with van der Waals surface area (Å²) in [6.07, 6.45) is 0. The molecule has 1 aliphatic heterocycles. The van der Waals surface area contributed by atoms with Gasteiger partial charge in [-0.2, -0.15) is 0 Å². The highest BCUT2D eigenvalue weighted by molar-refractivity contribution is 5.16. The maximum Gasteiger partial charge on any atom is 0.0558 e. The van der Waals surface area contributed by atoms with Gasteiger partial charge in [-0.1, -0.05) is 30.3 Å². The first-order valence-corrected chi connectivity index (χ1v) is 6.36. The first kappa shape index (κ1) is 11.2. The van der Waals surface area contributed by atoms with Gasteiger partial charge in [0.1, 0.15) is 0 Å². The number of fused-ring (bicyclic) bond motifs is 1. The molecule has 92 valence electrons. The van der Waals surface area contributed by atoms with E-state index in [9.17, 15) is 5.11 Å². The lowest BCUT2D eigenvalue weighted by molar-refractivity contribution is 0.107. The van der Waals surface area contributed by atoms with E-state index in [4.69, 9.17) is 4.74 Å². The van der Waals surface area contributed by atoms with Gasteiger partial charge in [-0.25, -0.2) is 0 Å². The van der Waals surface area contributed by atoms with Crippen LogP contribution in [-0.2, 0) is 11.3 Å². The molecule has 0 spiro atoms. The fourth-order valence-corrected chi connectivity index (χ4v) is 3.03. The fraction of sp³-hybridized carbons (Fsp3) is 0.571. The summed E-state index contributed by atoms with van der Waals surface area (Å²) in [5, 5.41) is 9.18. The molecule has 1 aromatic rings. The lowest BCUT2D eigenvalue weighted by Gasteiger charge is -2.23. The van der Waals surface area contributed by atoms with Crippen LogP contribution in [0.5, 0.6) is 0 Å². The van der Waals surface area contributed by atoms with Crippen molar-refractivity contribution in [3.63, 3.8) is 0 Å². The molecule has 3 nitrogen and oxygen atoms in total. The Kier molecular flexibility index (Phi) is 3.14. The van der Waals surface area contributed by atoms with Crippen LogP contribution in [0.3, 0.4) is 0 Å². The predicted molar refractivity (Wildman–Crippen MR) is 65.5 cm³/mol. The number of hydrogen-bond donors (Lipinski definition) is 1. The van der Waals surface area contributed by atoms with Gasteiger partial charge in [-0.3, -0.25) is 4.90 Å². The van der Waals surface area contributed by atoms with Crippen molar-refractivity contribution < 1.29 is 9.84 Å². The summed E-state index contributed by atoms with van der Waals surface area (Å²) in [6, 6.07) is 11.1. The van der Waals surface area contributed by atoms with Crippen LogP contribution in [0.2, 0.25) is 0 Å². The highest BCUT2D eigenvalue weighted by Crippen LogP contribution is 2.48. The molecular formula is C14H19NO2. The molecule has 17 heavy (non-hydrogen) atoms. The molecule has 0 radical (unpaired) electrons. The van der Waals surface area contributed by atoms with Crippen molar-refractivity contribution >= 4 is 0 Å². The molecule has 2 unspecified atom stereocenters. The third-order valence-corrected chi connectivity index (χ3v) is 3.94. The van der Waals surface area contributed by atoms with Gasteiger partial charge in [0.2, 0.25) is 0 Å². The molecule has 0 aromatic heterocycles. The minimum atomic E-state index is 0.240. The van der Waals surface area contributed by atoms with Crippen molar-refractivity contribution in [2.45, 2.75) is 12.6 Å². The number of aliphatic hydroxyl groups excluding tert-OH is 1. The Labute approximate surface area is 102 Å². The van der Waals surface area contributed by atoms with Gasteiger partial charge in [0.25, 0.3) is 0 Å². The lowest BCUT2D eigenvalue weighted by Crippen LogP contribution is -2.32. The number of hydrogen-bond acceptors (Lipinski definition) is 3. The fourth-order valence-electron chi connectivity index (χ4n) is 3.03. The molecule has 3 heteroatoms. The van der Waals surface area contributed by atoms with Gasteiger partial charge in [-0.05, 0) is 5.56 Å². The van der Waals surface area contributed by atoms with Crippen LogP contribution < -0.4 is 0 Å². The van der Waals surface area contributed by atoms with Gasteiger partial charge < -0.3 is 9.84 Å². The minimum Gasteiger partial charge on any atom is -0.395 e. The summed E-state index contributed by atoms with van der Waals surface area (Å²) in [6.45, 7) is 3.77. The zero-order valence-corrected chi connectivity index (χ0v) is 9.96. The maximum atomic E-state index is 9.18. The van der Waals surface area contributed by atoms with Crippen molar-refractivity contribution in [1.82, 2.24) is 4.90 Å². The number of nitrogens with zero attached hydrogens (tertiary/aromatic N) is 1. The quantitative estimate of drug-likeness (QED) is 0.827. The molecule has 0 amide bonds. The predicted octanol–water partition coefficient (Wildman–Crippen LogP) is 1.13. The number of rotatable bonds is 5. The summed E-state index contributed by atoms with van der Waals surface area (Å²) in [4.78, 5) is 2.41. The lowest BCUT2D eigenvalue weighted by atomic mass is 10.2. The second-order valence-corrected chi connectivity index (χ2v) is 5.04. The number of aliphatic hydroxyl groups is 1. The third-order valence-electron chi connectivity index (χ3n) is 3.94. The normalized spacial score (nSPS) is 30.6. The van der Waals surface area contributed by atoms with Crippen molar-refractivity contribution in [3.8, 4) is 0 Å². The van der Waals surface area contributed by atoms with E-state index in [2.05, 4.69) is 29.2 Å².